The molecule has 0 spiro atoms. The number of rotatable bonds is 4. The molecule has 0 amide bonds. The molecule has 1 aromatic carbocycles. The van der Waals surface area contributed by atoms with E-state index in [-0.39, 0.29) is 0 Å². The number of hydrogen-bond acceptors (Lipinski definition) is 0. The Morgan fingerprint density at radius 2 is 0.667 bits per heavy atom. The van der Waals surface area contributed by atoms with Crippen molar-refractivity contribution in [3.05, 3.63) is 34.4 Å². The molecule has 0 saturated carbocycles. The standard InChI is InChI=1S/C10Br2F12/c11-9(21,22)7(17,18)1-2(8(19,20)10(12,23)24)4(14)6(16)5(15)3(1)13. The first kappa shape index (κ1) is 21.4. The molecule has 0 unspecified atom stereocenters. The molecular weight excluding hydrogens is 508 g/mol. The molecular formula is C10Br2F12. The molecule has 0 fully saturated rings. The van der Waals surface area contributed by atoms with Crippen molar-refractivity contribution in [2.24, 2.45) is 0 Å². The lowest BCUT2D eigenvalue weighted by Gasteiger charge is -2.29. The van der Waals surface area contributed by atoms with E-state index in [4.69, 9.17) is 0 Å². The fourth-order valence-electron chi connectivity index (χ4n) is 1.50. The van der Waals surface area contributed by atoms with Crippen LogP contribution in [0.15, 0.2) is 0 Å². The van der Waals surface area contributed by atoms with E-state index in [0.717, 1.165) is 31.9 Å². The molecule has 0 atom stereocenters. The monoisotopic (exact) mass is 506 g/mol. The molecule has 0 bridgehead atoms. The van der Waals surface area contributed by atoms with Crippen LogP contribution in [0.1, 0.15) is 11.1 Å². The van der Waals surface area contributed by atoms with E-state index < -0.39 is 55.9 Å². The predicted octanol–water partition coefficient (Wildman–Crippen LogP) is 6.40. The third-order valence-electron chi connectivity index (χ3n) is 2.61. The van der Waals surface area contributed by atoms with Crippen LogP contribution in [0.2, 0.25) is 0 Å². The molecule has 0 aromatic heterocycles. The minimum Gasteiger partial charge on any atom is -0.203 e. The molecule has 0 aliphatic rings. The van der Waals surface area contributed by atoms with Crippen LogP contribution in [-0.2, 0) is 11.8 Å². The molecule has 24 heavy (non-hydrogen) atoms. The van der Waals surface area contributed by atoms with E-state index in [1.54, 1.807) is 0 Å². The van der Waals surface area contributed by atoms with Gasteiger partial charge in [0.05, 0.1) is 11.1 Å². The highest BCUT2D eigenvalue weighted by Crippen LogP contribution is 2.56. The van der Waals surface area contributed by atoms with Crippen LogP contribution in [0.25, 0.3) is 0 Å². The van der Waals surface area contributed by atoms with Crippen LogP contribution in [0.4, 0.5) is 52.7 Å². The Labute approximate surface area is 141 Å². The number of benzene rings is 1. The van der Waals surface area contributed by atoms with E-state index in [1.807, 2.05) is 0 Å². The first-order valence-electron chi connectivity index (χ1n) is 5.15. The summed E-state index contributed by atoms with van der Waals surface area (Å²) in [7, 11) is 0. The van der Waals surface area contributed by atoms with Crippen molar-refractivity contribution in [1.82, 2.24) is 0 Å². The predicted molar refractivity (Wildman–Crippen MR) is 61.8 cm³/mol. The van der Waals surface area contributed by atoms with E-state index in [0.29, 0.717) is 0 Å². The average molecular weight is 508 g/mol. The van der Waals surface area contributed by atoms with E-state index in [2.05, 4.69) is 0 Å². The summed E-state index contributed by atoms with van der Waals surface area (Å²) in [6, 6.07) is 0. The van der Waals surface area contributed by atoms with Gasteiger partial charge in [0.2, 0.25) is 0 Å². The highest BCUT2D eigenvalue weighted by atomic mass is 79.9. The van der Waals surface area contributed by atoms with Gasteiger partial charge in [0.1, 0.15) is 0 Å². The summed E-state index contributed by atoms with van der Waals surface area (Å²) < 4.78 is 158. The fourth-order valence-corrected chi connectivity index (χ4v) is 1.90. The fraction of sp³-hybridized carbons (Fsp3) is 0.400. The summed E-state index contributed by atoms with van der Waals surface area (Å²) in [6.45, 7) is 0. The molecule has 0 radical (unpaired) electrons. The summed E-state index contributed by atoms with van der Waals surface area (Å²) >= 11 is 1.91. The van der Waals surface area contributed by atoms with Gasteiger partial charge < -0.3 is 0 Å². The van der Waals surface area contributed by atoms with Crippen LogP contribution in [0, 0.1) is 23.3 Å². The van der Waals surface area contributed by atoms with Gasteiger partial charge in [0.25, 0.3) is 0 Å². The highest BCUT2D eigenvalue weighted by molar-refractivity contribution is 9.10. The summed E-state index contributed by atoms with van der Waals surface area (Å²) in [5.74, 6) is -25.4. The Morgan fingerprint density at radius 3 is 0.833 bits per heavy atom. The van der Waals surface area contributed by atoms with Crippen molar-refractivity contribution in [2.75, 3.05) is 0 Å². The number of alkyl halides is 10. The van der Waals surface area contributed by atoms with Gasteiger partial charge in [0, 0.05) is 0 Å². The minimum atomic E-state index is -6.16. The second kappa shape index (κ2) is 5.95. The summed E-state index contributed by atoms with van der Waals surface area (Å²) in [6.07, 6.45) is 0. The molecule has 1 rings (SSSR count). The average Bonchev–Trinajstić information content (AvgIpc) is 2.36. The summed E-state index contributed by atoms with van der Waals surface area (Å²) in [5, 5.41) is 0. The van der Waals surface area contributed by atoms with Crippen LogP contribution in [-0.4, -0.2) is 9.66 Å². The van der Waals surface area contributed by atoms with Crippen LogP contribution < -0.4 is 0 Å². The molecule has 138 valence electrons. The smallest absolute Gasteiger partial charge is 0.203 e. The van der Waals surface area contributed by atoms with Gasteiger partial charge in [0.15, 0.2) is 23.3 Å². The number of halogens is 14. The Hall–Kier alpha value is -0.660. The zero-order chi connectivity index (χ0) is 19.5. The normalized spacial score (nSPS) is 14.2. The number of hydrogen-bond donors (Lipinski definition) is 0. The molecule has 0 aliphatic carbocycles. The topological polar surface area (TPSA) is 0 Å². The Bertz CT molecular complexity index is 601. The summed E-state index contributed by atoms with van der Waals surface area (Å²) in [4.78, 5) is -11.2. The molecule has 0 saturated heterocycles. The van der Waals surface area contributed by atoms with Gasteiger partial charge >= 0.3 is 21.5 Å². The van der Waals surface area contributed by atoms with Crippen molar-refractivity contribution in [3.8, 4) is 0 Å². The van der Waals surface area contributed by atoms with Crippen LogP contribution >= 0.6 is 31.9 Å². The van der Waals surface area contributed by atoms with Crippen molar-refractivity contribution < 1.29 is 52.7 Å². The molecule has 0 nitrogen and oxygen atoms in total. The first-order chi connectivity index (χ1) is 10.4. The second-order valence-corrected chi connectivity index (χ2v) is 6.14. The third-order valence-corrected chi connectivity index (χ3v) is 3.60. The third kappa shape index (κ3) is 3.10. The molecule has 1 aromatic rings. The zero-order valence-corrected chi connectivity index (χ0v) is 13.5. The lowest BCUT2D eigenvalue weighted by atomic mass is 9.94. The second-order valence-electron chi connectivity index (χ2n) is 4.15. The SMILES string of the molecule is Fc1c(F)c(F)c(C(F)(F)C(F)(F)Br)c(C(F)(F)C(F)(F)Br)c1F. The highest BCUT2D eigenvalue weighted by Gasteiger charge is 2.66. The van der Waals surface area contributed by atoms with Crippen LogP contribution in [0.3, 0.4) is 0 Å². The maximum Gasteiger partial charge on any atom is 0.367 e. The van der Waals surface area contributed by atoms with E-state index in [1.165, 1.54) is 0 Å². The summed E-state index contributed by atoms with van der Waals surface area (Å²) in [5.41, 5.74) is -6.94. The first-order valence-corrected chi connectivity index (χ1v) is 6.73. The molecule has 0 heterocycles. The molecule has 0 N–H and O–H groups in total. The van der Waals surface area contributed by atoms with Crippen molar-refractivity contribution in [2.45, 2.75) is 21.5 Å². The van der Waals surface area contributed by atoms with Crippen molar-refractivity contribution in [1.29, 1.82) is 0 Å². The van der Waals surface area contributed by atoms with Gasteiger partial charge in [-0.15, -0.1) is 0 Å². The zero-order valence-electron chi connectivity index (χ0n) is 10.3. The Morgan fingerprint density at radius 1 is 0.458 bits per heavy atom. The maximum atomic E-state index is 13.5. The minimum absolute atomic E-state index is 0.957. The van der Waals surface area contributed by atoms with Gasteiger partial charge in [-0.05, 0) is 31.9 Å². The van der Waals surface area contributed by atoms with Gasteiger partial charge in [-0.25, -0.2) is 17.6 Å². The van der Waals surface area contributed by atoms with Crippen molar-refractivity contribution in [3.63, 3.8) is 0 Å². The lowest BCUT2D eigenvalue weighted by molar-refractivity contribution is -0.175. The van der Waals surface area contributed by atoms with Crippen LogP contribution in [0.5, 0.6) is 0 Å². The lowest BCUT2D eigenvalue weighted by Crippen LogP contribution is -2.41. The van der Waals surface area contributed by atoms with Crippen molar-refractivity contribution >= 4 is 31.9 Å². The van der Waals surface area contributed by atoms with E-state index in [9.17, 15) is 52.7 Å². The quantitative estimate of drug-likeness (QED) is 0.191. The van der Waals surface area contributed by atoms with Gasteiger partial charge in [-0.1, -0.05) is 0 Å². The molecule has 14 heteroatoms. The largest absolute Gasteiger partial charge is 0.367 e. The van der Waals surface area contributed by atoms with Gasteiger partial charge in [-0.2, -0.15) is 35.1 Å². The van der Waals surface area contributed by atoms with E-state index >= 15 is 0 Å². The Kier molecular flexibility index (Phi) is 5.30. The maximum absolute atomic E-state index is 13.5. The Balaban J connectivity index is 4.11. The molecule has 0 aliphatic heterocycles. The van der Waals surface area contributed by atoms with Gasteiger partial charge in [-0.3, -0.25) is 0 Å².